The molecule has 27 heavy (non-hydrogen) atoms. The Balaban J connectivity index is 2.44. The van der Waals surface area contributed by atoms with Crippen molar-refractivity contribution in [2.75, 3.05) is 0 Å². The maximum Gasteiger partial charge on any atom is 0.272 e. The van der Waals surface area contributed by atoms with Crippen molar-refractivity contribution < 1.29 is 9.53 Å². The molecule has 1 unspecified atom stereocenters. The summed E-state index contributed by atoms with van der Waals surface area (Å²) in [7, 11) is 0. The van der Waals surface area contributed by atoms with E-state index in [0.717, 1.165) is 18.6 Å². The second-order valence-corrected chi connectivity index (χ2v) is 8.51. The van der Waals surface area contributed by atoms with Crippen LogP contribution in [0.15, 0.2) is 36.9 Å². The number of aromatic nitrogens is 2. The Labute approximate surface area is 164 Å². The largest absolute Gasteiger partial charge is 0.480 e. The fourth-order valence-electron chi connectivity index (χ4n) is 2.99. The average molecular weight is 371 g/mol. The van der Waals surface area contributed by atoms with E-state index in [-0.39, 0.29) is 16.7 Å². The third-order valence-corrected chi connectivity index (χ3v) is 5.93. The summed E-state index contributed by atoms with van der Waals surface area (Å²) in [5, 5.41) is 0. The first kappa shape index (κ1) is 21.2. The van der Waals surface area contributed by atoms with Gasteiger partial charge in [0.2, 0.25) is 0 Å². The smallest absolute Gasteiger partial charge is 0.272 e. The number of nitrogens with zero attached hydrogens (tertiary/aromatic N) is 2. The van der Waals surface area contributed by atoms with Crippen molar-refractivity contribution in [3.05, 3.63) is 48.0 Å². The van der Waals surface area contributed by atoms with E-state index in [1.54, 1.807) is 12.4 Å². The van der Waals surface area contributed by atoms with Crippen LogP contribution in [-0.4, -0.2) is 21.6 Å². The molecule has 4 heteroatoms. The van der Waals surface area contributed by atoms with E-state index in [4.69, 9.17) is 4.74 Å². The number of hydrogen-bond acceptors (Lipinski definition) is 3. The van der Waals surface area contributed by atoms with Gasteiger partial charge in [-0.1, -0.05) is 60.6 Å². The molecule has 0 saturated heterocycles. The highest BCUT2D eigenvalue weighted by Crippen LogP contribution is 2.39. The molecule has 1 heterocycles. The van der Waals surface area contributed by atoms with Crippen LogP contribution in [0.3, 0.4) is 0 Å². The highest BCUT2D eigenvalue weighted by Gasteiger charge is 2.29. The molecular formula is C23H34N2O2. The molecule has 2 aromatic rings. The van der Waals surface area contributed by atoms with Crippen LogP contribution in [0.2, 0.25) is 0 Å². The molecule has 1 atom stereocenters. The molecule has 2 rings (SSSR count). The summed E-state index contributed by atoms with van der Waals surface area (Å²) < 4.78 is 7.77. The summed E-state index contributed by atoms with van der Waals surface area (Å²) in [5.41, 5.74) is 2.54. The molecule has 4 nitrogen and oxygen atoms in total. The van der Waals surface area contributed by atoms with E-state index >= 15 is 0 Å². The van der Waals surface area contributed by atoms with Gasteiger partial charge in [-0.15, -0.1) is 0 Å². The Hall–Kier alpha value is -2.10. The normalized spacial score (nSPS) is 13.4. The minimum absolute atomic E-state index is 0.0362. The van der Waals surface area contributed by atoms with E-state index in [9.17, 15) is 4.79 Å². The zero-order chi connectivity index (χ0) is 20.2. The maximum absolute atomic E-state index is 12.7. The number of carbonyl (C=O) groups is 1. The van der Waals surface area contributed by atoms with E-state index in [0.29, 0.717) is 6.42 Å². The fourth-order valence-corrected chi connectivity index (χ4v) is 2.99. The quantitative estimate of drug-likeness (QED) is 0.594. The summed E-state index contributed by atoms with van der Waals surface area (Å²) in [6, 6.07) is 6.46. The van der Waals surface area contributed by atoms with Crippen LogP contribution in [0, 0.1) is 0 Å². The summed E-state index contributed by atoms with van der Waals surface area (Å²) in [6.07, 6.45) is 6.93. The van der Waals surface area contributed by atoms with Crippen molar-refractivity contribution in [3.8, 4) is 5.75 Å². The highest BCUT2D eigenvalue weighted by molar-refractivity contribution is 5.83. The van der Waals surface area contributed by atoms with Gasteiger partial charge in [-0.25, -0.2) is 4.98 Å². The molecule has 0 aliphatic carbocycles. The molecule has 0 amide bonds. The van der Waals surface area contributed by atoms with Gasteiger partial charge in [-0.2, -0.15) is 0 Å². The van der Waals surface area contributed by atoms with Crippen molar-refractivity contribution in [1.29, 1.82) is 0 Å². The van der Waals surface area contributed by atoms with Crippen molar-refractivity contribution in [2.24, 2.45) is 0 Å². The first-order valence-corrected chi connectivity index (χ1v) is 10.00. The Bertz CT molecular complexity index is 761. The van der Waals surface area contributed by atoms with Gasteiger partial charge in [0.05, 0.1) is 0 Å². The third-order valence-electron chi connectivity index (χ3n) is 5.93. The second kappa shape index (κ2) is 8.28. The minimum atomic E-state index is -0.532. The van der Waals surface area contributed by atoms with E-state index in [1.165, 1.54) is 22.0 Å². The van der Waals surface area contributed by atoms with Gasteiger partial charge >= 0.3 is 0 Å². The monoisotopic (exact) mass is 370 g/mol. The van der Waals surface area contributed by atoms with E-state index in [2.05, 4.69) is 58.7 Å². The molecule has 0 saturated carbocycles. The summed E-state index contributed by atoms with van der Waals surface area (Å²) >= 11 is 0. The second-order valence-electron chi connectivity index (χ2n) is 8.51. The van der Waals surface area contributed by atoms with Gasteiger partial charge in [0.15, 0.2) is 6.10 Å². The number of hydrogen-bond donors (Lipinski definition) is 0. The molecule has 1 aromatic carbocycles. The lowest BCUT2D eigenvalue weighted by atomic mass is 9.76. The number of imidazole rings is 1. The van der Waals surface area contributed by atoms with Gasteiger partial charge in [0, 0.05) is 18.0 Å². The Morgan fingerprint density at radius 2 is 1.78 bits per heavy atom. The first-order valence-electron chi connectivity index (χ1n) is 10.00. The third kappa shape index (κ3) is 4.60. The zero-order valence-corrected chi connectivity index (χ0v) is 17.9. The van der Waals surface area contributed by atoms with Crippen LogP contribution in [0.5, 0.6) is 5.75 Å². The van der Waals surface area contributed by atoms with Crippen LogP contribution in [0.1, 0.15) is 83.7 Å². The molecule has 0 radical (unpaired) electrons. The van der Waals surface area contributed by atoms with Crippen LogP contribution < -0.4 is 4.74 Å². The number of carbonyl (C=O) groups excluding carboxylic acids is 1. The van der Waals surface area contributed by atoms with Gasteiger partial charge in [-0.05, 0) is 41.7 Å². The van der Waals surface area contributed by atoms with Crippen LogP contribution in [0.4, 0.5) is 0 Å². The lowest BCUT2D eigenvalue weighted by Gasteiger charge is -2.31. The van der Waals surface area contributed by atoms with Gasteiger partial charge in [0.1, 0.15) is 12.1 Å². The van der Waals surface area contributed by atoms with Gasteiger partial charge < -0.3 is 4.74 Å². The molecule has 0 aliphatic rings. The molecule has 1 aromatic heterocycles. The number of rotatable bonds is 8. The SMILES string of the molecule is CCC(Oc1ccc(C(C)(C)CC)cc1C(C)(C)CC)C(=O)n1ccnc1. The zero-order valence-electron chi connectivity index (χ0n) is 17.9. The molecule has 0 aliphatic heterocycles. The van der Waals surface area contributed by atoms with E-state index < -0.39 is 6.10 Å². The fraction of sp³-hybridized carbons (Fsp3) is 0.565. The standard InChI is InChI=1S/C23H34N2O2/c1-8-19(21(26)25-14-13-24-16-25)27-20-12-11-17(22(4,5)9-2)15-18(20)23(6,7)10-3/h11-16,19H,8-10H2,1-7H3. The molecule has 0 bridgehead atoms. The van der Waals surface area contributed by atoms with Crippen LogP contribution in [-0.2, 0) is 10.8 Å². The highest BCUT2D eigenvalue weighted by atomic mass is 16.5. The maximum atomic E-state index is 12.7. The first-order chi connectivity index (χ1) is 12.7. The predicted molar refractivity (Wildman–Crippen MR) is 111 cm³/mol. The molecule has 0 spiro atoms. The van der Waals surface area contributed by atoms with Crippen molar-refractivity contribution in [2.45, 2.75) is 84.7 Å². The number of ether oxygens (including phenoxy) is 1. The van der Waals surface area contributed by atoms with Gasteiger partial charge in [-0.3, -0.25) is 9.36 Å². The Morgan fingerprint density at radius 1 is 1.11 bits per heavy atom. The summed E-state index contributed by atoms with van der Waals surface area (Å²) in [6.45, 7) is 15.4. The molecule has 0 fully saturated rings. The topological polar surface area (TPSA) is 44.1 Å². The van der Waals surface area contributed by atoms with Crippen molar-refractivity contribution >= 4 is 5.91 Å². The Morgan fingerprint density at radius 3 is 2.30 bits per heavy atom. The molecular weight excluding hydrogens is 336 g/mol. The predicted octanol–water partition coefficient (Wildman–Crippen LogP) is 5.76. The van der Waals surface area contributed by atoms with Crippen LogP contribution >= 0.6 is 0 Å². The van der Waals surface area contributed by atoms with Crippen LogP contribution in [0.25, 0.3) is 0 Å². The molecule has 148 valence electrons. The van der Waals surface area contributed by atoms with E-state index in [1.807, 2.05) is 13.0 Å². The van der Waals surface area contributed by atoms with Gasteiger partial charge in [0.25, 0.3) is 5.91 Å². The number of benzene rings is 1. The van der Waals surface area contributed by atoms with Crippen molar-refractivity contribution in [3.63, 3.8) is 0 Å². The summed E-state index contributed by atoms with van der Waals surface area (Å²) in [4.78, 5) is 16.7. The van der Waals surface area contributed by atoms with Crippen molar-refractivity contribution in [1.82, 2.24) is 9.55 Å². The summed E-state index contributed by atoms with van der Waals surface area (Å²) in [5.74, 6) is 0.714. The average Bonchev–Trinajstić information content (AvgIpc) is 3.20. The lowest BCUT2D eigenvalue weighted by Crippen LogP contribution is -2.32. The lowest BCUT2D eigenvalue weighted by molar-refractivity contribution is 0.0691. The Kier molecular flexibility index (Phi) is 6.50. The molecule has 0 N–H and O–H groups in total. The minimum Gasteiger partial charge on any atom is -0.480 e.